The maximum Gasteiger partial charge on any atom is 0.328 e. The van der Waals surface area contributed by atoms with E-state index in [4.69, 9.17) is 4.74 Å². The van der Waals surface area contributed by atoms with Gasteiger partial charge in [-0.1, -0.05) is 30.3 Å². The lowest BCUT2D eigenvalue weighted by Gasteiger charge is -2.16. The van der Waals surface area contributed by atoms with Crippen LogP contribution in [0.3, 0.4) is 0 Å². The van der Waals surface area contributed by atoms with Crippen LogP contribution in [0, 0.1) is 10.1 Å². The van der Waals surface area contributed by atoms with Crippen molar-refractivity contribution in [2.24, 2.45) is 0 Å². The molecule has 0 aliphatic rings. The highest BCUT2D eigenvalue weighted by atomic mass is 16.6. The zero-order valence-electron chi connectivity index (χ0n) is 16.2. The number of nitro groups is 1. The standard InChI is InChI=1S/C21H20N4O5/c1-2-30-21(27)19(14-15-6-4-3-5-7-15)22-20(26)18-12-13-24(23-18)16-8-10-17(11-9-16)25(28)29/h3-13,19H,2,14H2,1H3,(H,22,26). The van der Waals surface area contributed by atoms with Gasteiger partial charge in [-0.2, -0.15) is 5.10 Å². The van der Waals surface area contributed by atoms with Crippen LogP contribution in [0.25, 0.3) is 5.69 Å². The molecule has 9 nitrogen and oxygen atoms in total. The van der Waals surface area contributed by atoms with Crippen LogP contribution in [0.4, 0.5) is 5.69 Å². The minimum atomic E-state index is -0.857. The molecule has 3 rings (SSSR count). The minimum Gasteiger partial charge on any atom is -0.464 e. The molecule has 0 aliphatic carbocycles. The number of nitro benzene ring substituents is 1. The van der Waals surface area contributed by atoms with Crippen LogP contribution >= 0.6 is 0 Å². The van der Waals surface area contributed by atoms with E-state index < -0.39 is 22.8 Å². The highest BCUT2D eigenvalue weighted by molar-refractivity contribution is 5.95. The first-order chi connectivity index (χ1) is 14.5. The molecule has 1 atom stereocenters. The molecule has 1 unspecified atom stereocenters. The van der Waals surface area contributed by atoms with E-state index in [1.165, 1.54) is 35.0 Å². The molecule has 1 aromatic heterocycles. The Kier molecular flexibility index (Phi) is 6.53. The molecular weight excluding hydrogens is 388 g/mol. The molecule has 1 amide bonds. The summed E-state index contributed by atoms with van der Waals surface area (Å²) in [6.45, 7) is 1.90. The summed E-state index contributed by atoms with van der Waals surface area (Å²) in [6.07, 6.45) is 1.85. The highest BCUT2D eigenvalue weighted by Gasteiger charge is 2.24. The Morgan fingerprint density at radius 3 is 2.47 bits per heavy atom. The van der Waals surface area contributed by atoms with Crippen molar-refractivity contribution in [3.05, 3.63) is 88.2 Å². The largest absolute Gasteiger partial charge is 0.464 e. The van der Waals surface area contributed by atoms with E-state index in [0.717, 1.165) is 5.56 Å². The predicted molar refractivity (Wildman–Crippen MR) is 108 cm³/mol. The van der Waals surface area contributed by atoms with Gasteiger partial charge >= 0.3 is 5.97 Å². The van der Waals surface area contributed by atoms with Crippen LogP contribution in [0.2, 0.25) is 0 Å². The van der Waals surface area contributed by atoms with Crippen LogP contribution in [-0.2, 0) is 16.0 Å². The van der Waals surface area contributed by atoms with Gasteiger partial charge in [0.15, 0.2) is 5.69 Å². The van der Waals surface area contributed by atoms with Crippen molar-refractivity contribution < 1.29 is 19.2 Å². The number of nitrogens with one attached hydrogen (secondary N) is 1. The van der Waals surface area contributed by atoms with Crippen molar-refractivity contribution in [1.29, 1.82) is 0 Å². The van der Waals surface area contributed by atoms with Gasteiger partial charge in [0.25, 0.3) is 11.6 Å². The van der Waals surface area contributed by atoms with E-state index in [2.05, 4.69) is 10.4 Å². The van der Waals surface area contributed by atoms with E-state index in [1.807, 2.05) is 30.3 Å². The van der Waals surface area contributed by atoms with Crippen LogP contribution in [-0.4, -0.2) is 39.2 Å². The van der Waals surface area contributed by atoms with Gasteiger partial charge in [-0.05, 0) is 30.7 Å². The zero-order chi connectivity index (χ0) is 21.5. The van der Waals surface area contributed by atoms with Crippen LogP contribution in [0.1, 0.15) is 23.0 Å². The average Bonchev–Trinajstić information content (AvgIpc) is 3.25. The Balaban J connectivity index is 1.74. The number of hydrogen-bond acceptors (Lipinski definition) is 6. The maximum atomic E-state index is 12.7. The molecule has 0 saturated heterocycles. The van der Waals surface area contributed by atoms with E-state index in [-0.39, 0.29) is 24.4 Å². The zero-order valence-corrected chi connectivity index (χ0v) is 16.2. The predicted octanol–water partition coefficient (Wildman–Crippen LogP) is 2.68. The monoisotopic (exact) mass is 408 g/mol. The Morgan fingerprint density at radius 1 is 1.13 bits per heavy atom. The number of nitrogens with zero attached hydrogens (tertiary/aromatic N) is 3. The summed E-state index contributed by atoms with van der Waals surface area (Å²) in [6, 6.07) is 15.7. The number of rotatable bonds is 8. The number of amides is 1. The summed E-state index contributed by atoms with van der Waals surface area (Å²) in [5.74, 6) is -1.05. The van der Waals surface area contributed by atoms with Gasteiger partial charge in [0, 0.05) is 24.8 Å². The average molecular weight is 408 g/mol. The molecule has 3 aromatic rings. The van der Waals surface area contributed by atoms with E-state index in [9.17, 15) is 19.7 Å². The Hall–Kier alpha value is -4.01. The van der Waals surface area contributed by atoms with Crippen molar-refractivity contribution in [3.8, 4) is 5.69 Å². The van der Waals surface area contributed by atoms with Crippen molar-refractivity contribution in [3.63, 3.8) is 0 Å². The second-order valence-corrected chi connectivity index (χ2v) is 6.39. The van der Waals surface area contributed by atoms with Crippen LogP contribution in [0.15, 0.2) is 66.9 Å². The smallest absolute Gasteiger partial charge is 0.328 e. The van der Waals surface area contributed by atoms with Crippen molar-refractivity contribution in [2.75, 3.05) is 6.61 Å². The fraction of sp³-hybridized carbons (Fsp3) is 0.190. The van der Waals surface area contributed by atoms with E-state index in [1.54, 1.807) is 13.1 Å². The molecule has 1 N–H and O–H groups in total. The molecule has 0 radical (unpaired) electrons. The molecule has 0 bridgehead atoms. The van der Waals surface area contributed by atoms with Crippen molar-refractivity contribution in [1.82, 2.24) is 15.1 Å². The second kappa shape index (κ2) is 9.46. The summed E-state index contributed by atoms with van der Waals surface area (Å²) < 4.78 is 6.51. The third-order valence-electron chi connectivity index (χ3n) is 4.31. The first kappa shape index (κ1) is 20.7. The number of aromatic nitrogens is 2. The molecular formula is C21H20N4O5. The lowest BCUT2D eigenvalue weighted by Crippen LogP contribution is -2.43. The highest BCUT2D eigenvalue weighted by Crippen LogP contribution is 2.15. The molecule has 154 valence electrons. The quantitative estimate of drug-likeness (QED) is 0.348. The van der Waals surface area contributed by atoms with Gasteiger partial charge in [-0.25, -0.2) is 9.48 Å². The second-order valence-electron chi connectivity index (χ2n) is 6.39. The molecule has 30 heavy (non-hydrogen) atoms. The fourth-order valence-electron chi connectivity index (χ4n) is 2.83. The van der Waals surface area contributed by atoms with Crippen molar-refractivity contribution >= 4 is 17.6 Å². The Labute approximate surface area is 172 Å². The molecule has 0 saturated carbocycles. The number of esters is 1. The van der Waals surface area contributed by atoms with Crippen molar-refractivity contribution in [2.45, 2.75) is 19.4 Å². The molecule has 2 aromatic carbocycles. The normalized spacial score (nSPS) is 11.5. The first-order valence-corrected chi connectivity index (χ1v) is 9.30. The van der Waals surface area contributed by atoms with Gasteiger partial charge in [-0.3, -0.25) is 14.9 Å². The van der Waals surface area contributed by atoms with Crippen LogP contribution < -0.4 is 5.32 Å². The lowest BCUT2D eigenvalue weighted by molar-refractivity contribution is -0.384. The van der Waals surface area contributed by atoms with Crippen LogP contribution in [0.5, 0.6) is 0 Å². The first-order valence-electron chi connectivity index (χ1n) is 9.30. The molecule has 9 heteroatoms. The fourth-order valence-corrected chi connectivity index (χ4v) is 2.83. The van der Waals surface area contributed by atoms with E-state index in [0.29, 0.717) is 5.69 Å². The maximum absolute atomic E-state index is 12.7. The van der Waals surface area contributed by atoms with Gasteiger partial charge in [-0.15, -0.1) is 0 Å². The lowest BCUT2D eigenvalue weighted by atomic mass is 10.1. The summed E-state index contributed by atoms with van der Waals surface area (Å²) in [7, 11) is 0. The Bertz CT molecular complexity index is 1030. The number of ether oxygens (including phenoxy) is 1. The van der Waals surface area contributed by atoms with Gasteiger partial charge in [0.1, 0.15) is 6.04 Å². The third kappa shape index (κ3) is 5.07. The summed E-state index contributed by atoms with van der Waals surface area (Å²) in [5.41, 5.74) is 1.51. The molecule has 0 fully saturated rings. The van der Waals surface area contributed by atoms with Gasteiger partial charge in [0.2, 0.25) is 0 Å². The minimum absolute atomic E-state index is 0.0398. The number of non-ortho nitro benzene ring substituents is 1. The third-order valence-corrected chi connectivity index (χ3v) is 4.31. The number of hydrogen-bond donors (Lipinski definition) is 1. The summed E-state index contributed by atoms with van der Waals surface area (Å²) in [4.78, 5) is 35.2. The molecule has 0 spiro atoms. The van der Waals surface area contributed by atoms with Gasteiger partial charge in [0.05, 0.1) is 17.2 Å². The molecule has 1 heterocycles. The number of benzene rings is 2. The Morgan fingerprint density at radius 2 is 1.83 bits per heavy atom. The topological polar surface area (TPSA) is 116 Å². The SMILES string of the molecule is CCOC(=O)C(Cc1ccccc1)NC(=O)c1ccn(-c2ccc([N+](=O)[O-])cc2)n1. The van der Waals surface area contributed by atoms with Gasteiger partial charge < -0.3 is 10.1 Å². The number of carbonyl (C=O) groups excluding carboxylic acids is 2. The van der Waals surface area contributed by atoms with E-state index >= 15 is 0 Å². The number of carbonyl (C=O) groups is 2. The summed E-state index contributed by atoms with van der Waals surface area (Å²) >= 11 is 0. The summed E-state index contributed by atoms with van der Waals surface area (Å²) in [5, 5.41) is 17.6. The molecule has 0 aliphatic heterocycles.